The molecular formula is C18H20N4O5. The zero-order chi connectivity index (χ0) is 19.3. The highest BCUT2D eigenvalue weighted by molar-refractivity contribution is 6.05. The second-order valence-corrected chi connectivity index (χ2v) is 7.07. The first kappa shape index (κ1) is 17.3. The number of benzene rings is 1. The van der Waals surface area contributed by atoms with Gasteiger partial charge >= 0.3 is 18.0 Å². The molecule has 1 saturated heterocycles. The number of carboxylic acid groups (broad SMARTS) is 1. The van der Waals surface area contributed by atoms with E-state index in [0.29, 0.717) is 29.4 Å². The van der Waals surface area contributed by atoms with E-state index in [0.717, 1.165) is 12.0 Å². The summed E-state index contributed by atoms with van der Waals surface area (Å²) in [5, 5.41) is 21.8. The van der Waals surface area contributed by atoms with E-state index in [9.17, 15) is 19.5 Å². The quantitative estimate of drug-likeness (QED) is 0.638. The van der Waals surface area contributed by atoms with Gasteiger partial charge in [-0.25, -0.2) is 14.4 Å². The fraction of sp³-hybridized carbons (Fsp3) is 0.389. The Morgan fingerprint density at radius 2 is 2.04 bits per heavy atom. The Bertz CT molecular complexity index is 953. The van der Waals surface area contributed by atoms with Crippen molar-refractivity contribution in [3.05, 3.63) is 30.0 Å². The average molecular weight is 372 g/mol. The lowest BCUT2D eigenvalue weighted by atomic mass is 10.1. The fourth-order valence-corrected chi connectivity index (χ4v) is 3.99. The van der Waals surface area contributed by atoms with Gasteiger partial charge in [-0.05, 0) is 36.8 Å². The van der Waals surface area contributed by atoms with Gasteiger partial charge in [-0.2, -0.15) is 0 Å². The molecule has 27 heavy (non-hydrogen) atoms. The van der Waals surface area contributed by atoms with E-state index in [-0.39, 0.29) is 18.6 Å². The number of hydrogen-bond acceptors (Lipinski definition) is 4. The van der Waals surface area contributed by atoms with Crippen molar-refractivity contribution in [1.82, 2.24) is 9.47 Å². The monoisotopic (exact) mass is 372 g/mol. The molecular weight excluding hydrogens is 352 g/mol. The minimum absolute atomic E-state index is 0.0273. The lowest BCUT2D eigenvalue weighted by Gasteiger charge is -2.24. The van der Waals surface area contributed by atoms with Crippen LogP contribution in [0.5, 0.6) is 0 Å². The molecule has 5 N–H and O–H groups in total. The number of aromatic nitrogens is 1. The van der Waals surface area contributed by atoms with E-state index in [1.165, 1.54) is 15.7 Å². The summed E-state index contributed by atoms with van der Waals surface area (Å²) in [6.45, 7) is -0.0273. The number of amides is 3. The van der Waals surface area contributed by atoms with Gasteiger partial charge in [0, 0.05) is 24.2 Å². The van der Waals surface area contributed by atoms with Crippen LogP contribution in [0, 0.1) is 5.92 Å². The number of aliphatic hydroxyl groups is 1. The summed E-state index contributed by atoms with van der Waals surface area (Å²) in [4.78, 5) is 37.3. The van der Waals surface area contributed by atoms with Crippen molar-refractivity contribution in [1.29, 1.82) is 0 Å². The number of fused-ring (bicyclic) bond motifs is 2. The number of nitrogens with zero attached hydrogens (tertiary/aromatic N) is 2. The molecule has 2 aromatic rings. The summed E-state index contributed by atoms with van der Waals surface area (Å²) in [6, 6.07) is 3.23. The smallest absolute Gasteiger partial charge is 0.326 e. The van der Waals surface area contributed by atoms with Gasteiger partial charge < -0.3 is 26.2 Å². The number of carbonyl (C=O) groups excluding carboxylic acids is 2. The number of aliphatic carboxylic acids is 1. The summed E-state index contributed by atoms with van der Waals surface area (Å²) >= 11 is 0. The zero-order valence-corrected chi connectivity index (χ0v) is 14.5. The summed E-state index contributed by atoms with van der Waals surface area (Å²) < 4.78 is 1.23. The normalized spacial score (nSPS) is 23.3. The van der Waals surface area contributed by atoms with Crippen molar-refractivity contribution >= 4 is 34.6 Å². The maximum atomic E-state index is 12.8. The molecule has 1 aromatic carbocycles. The van der Waals surface area contributed by atoms with Crippen LogP contribution in [0.2, 0.25) is 0 Å². The average Bonchev–Trinajstić information content (AvgIpc) is 3.12. The van der Waals surface area contributed by atoms with Gasteiger partial charge in [0.25, 0.3) is 0 Å². The van der Waals surface area contributed by atoms with Gasteiger partial charge in [0.05, 0.1) is 11.2 Å². The van der Waals surface area contributed by atoms with Crippen molar-refractivity contribution in [3.63, 3.8) is 0 Å². The Hall–Kier alpha value is -3.07. The number of carbonyl (C=O) groups is 3. The largest absolute Gasteiger partial charge is 0.480 e. The molecule has 3 atom stereocenters. The minimum Gasteiger partial charge on any atom is -0.480 e. The van der Waals surface area contributed by atoms with Gasteiger partial charge in [-0.15, -0.1) is 0 Å². The van der Waals surface area contributed by atoms with Crippen LogP contribution in [-0.4, -0.2) is 56.4 Å². The lowest BCUT2D eigenvalue weighted by Crippen LogP contribution is -2.45. The van der Waals surface area contributed by atoms with Crippen molar-refractivity contribution in [2.45, 2.75) is 31.3 Å². The van der Waals surface area contributed by atoms with Crippen LogP contribution in [0.4, 0.5) is 15.3 Å². The predicted octanol–water partition coefficient (Wildman–Crippen LogP) is 1.18. The molecule has 9 heteroatoms. The summed E-state index contributed by atoms with van der Waals surface area (Å²) in [6.07, 6.45) is 3.16. The van der Waals surface area contributed by atoms with Gasteiger partial charge in [0.15, 0.2) is 0 Å². The lowest BCUT2D eigenvalue weighted by molar-refractivity contribution is -0.141. The molecule has 0 spiro atoms. The molecule has 2 heterocycles. The van der Waals surface area contributed by atoms with Crippen LogP contribution < -0.4 is 11.1 Å². The molecule has 9 nitrogen and oxygen atoms in total. The molecule has 1 aromatic heterocycles. The fourth-order valence-electron chi connectivity index (χ4n) is 3.99. The number of hydrogen-bond donors (Lipinski definition) is 4. The van der Waals surface area contributed by atoms with Crippen LogP contribution in [-0.2, 0) is 11.2 Å². The van der Waals surface area contributed by atoms with Crippen molar-refractivity contribution in [2.24, 2.45) is 11.7 Å². The Morgan fingerprint density at radius 3 is 2.70 bits per heavy atom. The molecule has 142 valence electrons. The second kappa shape index (κ2) is 6.27. The molecule has 0 bridgehead atoms. The predicted molar refractivity (Wildman–Crippen MR) is 96.5 cm³/mol. The van der Waals surface area contributed by atoms with Crippen LogP contribution >= 0.6 is 0 Å². The Balaban J connectivity index is 1.66. The Morgan fingerprint density at radius 1 is 1.26 bits per heavy atom. The number of anilines is 1. The van der Waals surface area contributed by atoms with Crippen LogP contribution in [0.15, 0.2) is 24.4 Å². The van der Waals surface area contributed by atoms with Crippen LogP contribution in [0.3, 0.4) is 0 Å². The van der Waals surface area contributed by atoms with Crippen molar-refractivity contribution in [3.8, 4) is 0 Å². The number of aliphatic hydroxyl groups excluding tert-OH is 1. The molecule has 3 amide bonds. The van der Waals surface area contributed by atoms with Crippen molar-refractivity contribution < 1.29 is 24.6 Å². The van der Waals surface area contributed by atoms with Crippen LogP contribution in [0.25, 0.3) is 10.9 Å². The summed E-state index contributed by atoms with van der Waals surface area (Å²) in [5.41, 5.74) is 7.17. The molecule has 1 aliphatic carbocycles. The third-order valence-electron chi connectivity index (χ3n) is 5.37. The summed E-state index contributed by atoms with van der Waals surface area (Å²) in [5.74, 6) is -0.754. The highest BCUT2D eigenvalue weighted by Gasteiger charge is 2.56. The van der Waals surface area contributed by atoms with Crippen LogP contribution in [0.1, 0.15) is 18.4 Å². The first-order valence-corrected chi connectivity index (χ1v) is 8.77. The molecule has 1 saturated carbocycles. The van der Waals surface area contributed by atoms with Crippen molar-refractivity contribution in [2.75, 3.05) is 11.9 Å². The number of urea groups is 1. The van der Waals surface area contributed by atoms with E-state index in [1.807, 2.05) is 0 Å². The van der Waals surface area contributed by atoms with E-state index in [1.54, 1.807) is 18.2 Å². The third-order valence-corrected chi connectivity index (χ3v) is 5.37. The Labute approximate surface area is 154 Å². The second-order valence-electron chi connectivity index (χ2n) is 7.07. The number of carboxylic acids is 1. The summed E-state index contributed by atoms with van der Waals surface area (Å²) in [7, 11) is 0. The van der Waals surface area contributed by atoms with E-state index in [4.69, 9.17) is 10.8 Å². The number of rotatable bonds is 4. The molecule has 0 radical (unpaired) electrons. The van der Waals surface area contributed by atoms with Gasteiger partial charge in [-0.1, -0.05) is 12.1 Å². The van der Waals surface area contributed by atoms with E-state index in [2.05, 4.69) is 5.32 Å². The highest BCUT2D eigenvalue weighted by atomic mass is 16.4. The first-order chi connectivity index (χ1) is 12.9. The maximum absolute atomic E-state index is 12.8. The standard InChI is InChI=1S/C18H20N4O5/c19-17(26)21-8-12(11-2-1-9(3-4-23)5-14(11)21)20-18(27)22-13-6-10(13)7-15(22)16(24)25/h1-2,5,8,10,13,15,23H,3-4,6-7H2,(H2,19,26)(H,20,27)(H,24,25)/t10-,13-,15+/m1/s1. The SMILES string of the molecule is NC(=O)n1cc(NC(=O)N2[C@@H]3C[C@@H]3C[C@H]2C(=O)O)c2ccc(CCO)cc21. The molecule has 2 fully saturated rings. The number of nitrogens with two attached hydrogens (primary N) is 1. The Kier molecular flexibility index (Phi) is 4.03. The minimum atomic E-state index is -1.01. The molecule has 1 aliphatic heterocycles. The molecule has 0 unspecified atom stereocenters. The highest BCUT2D eigenvalue weighted by Crippen LogP contribution is 2.48. The topological polar surface area (TPSA) is 138 Å². The number of primary amides is 1. The van der Waals surface area contributed by atoms with Gasteiger partial charge in [-0.3, -0.25) is 4.57 Å². The number of likely N-dealkylation sites (tertiary alicyclic amines) is 1. The first-order valence-electron chi connectivity index (χ1n) is 8.77. The number of nitrogens with one attached hydrogen (secondary N) is 1. The third kappa shape index (κ3) is 2.89. The number of piperidine rings is 1. The molecule has 4 rings (SSSR count). The zero-order valence-electron chi connectivity index (χ0n) is 14.5. The van der Waals surface area contributed by atoms with Gasteiger partial charge in [0.1, 0.15) is 6.04 Å². The van der Waals surface area contributed by atoms with E-state index < -0.39 is 24.1 Å². The van der Waals surface area contributed by atoms with E-state index >= 15 is 0 Å². The molecule has 2 aliphatic rings. The maximum Gasteiger partial charge on any atom is 0.326 e. The van der Waals surface area contributed by atoms with Gasteiger partial charge in [0.2, 0.25) is 0 Å².